The molecular formula is C10H19F3. The predicted octanol–water partition coefficient (Wildman–Crippen LogP) is 4.26. The largest absolute Gasteiger partial charge is 0.391 e. The topological polar surface area (TPSA) is 0 Å². The van der Waals surface area contributed by atoms with Crippen LogP contribution < -0.4 is 0 Å². The molecule has 2 atom stereocenters. The van der Waals surface area contributed by atoms with Gasteiger partial charge in [-0.1, -0.05) is 34.1 Å². The average molecular weight is 196 g/mol. The smallest absolute Gasteiger partial charge is 0.171 e. The Bertz CT molecular complexity index is 138. The fourth-order valence-corrected chi connectivity index (χ4v) is 1.60. The Hall–Kier alpha value is -0.210. The monoisotopic (exact) mass is 196 g/mol. The summed E-state index contributed by atoms with van der Waals surface area (Å²) in [7, 11) is 0. The molecule has 0 aliphatic heterocycles. The van der Waals surface area contributed by atoms with Crippen LogP contribution in [-0.4, -0.2) is 6.18 Å². The average Bonchev–Trinajstić information content (AvgIpc) is 1.96. The van der Waals surface area contributed by atoms with Crippen LogP contribution in [0.5, 0.6) is 0 Å². The number of halogens is 3. The molecule has 0 aliphatic rings. The number of hydrogen-bond donors (Lipinski definition) is 0. The number of alkyl halides is 3. The van der Waals surface area contributed by atoms with Gasteiger partial charge in [0.15, 0.2) is 0 Å². The van der Waals surface area contributed by atoms with E-state index in [4.69, 9.17) is 0 Å². The van der Waals surface area contributed by atoms with Crippen molar-refractivity contribution in [3.8, 4) is 0 Å². The zero-order chi connectivity index (χ0) is 10.6. The fourth-order valence-electron chi connectivity index (χ4n) is 1.60. The Morgan fingerprint density at radius 3 is 1.77 bits per heavy atom. The molecule has 0 amide bonds. The molecule has 0 fully saturated rings. The molecule has 0 N–H and O–H groups in total. The van der Waals surface area contributed by atoms with E-state index in [1.165, 1.54) is 6.92 Å². The molecule has 3 heteroatoms. The highest BCUT2D eigenvalue weighted by molar-refractivity contribution is 4.72. The van der Waals surface area contributed by atoms with E-state index in [-0.39, 0.29) is 5.92 Å². The molecule has 0 spiro atoms. The van der Waals surface area contributed by atoms with E-state index in [0.717, 1.165) is 0 Å². The molecule has 0 aromatic rings. The first kappa shape index (κ1) is 12.8. The lowest BCUT2D eigenvalue weighted by Gasteiger charge is -2.26. The maximum atomic E-state index is 12.3. The van der Waals surface area contributed by atoms with E-state index in [1.807, 2.05) is 20.8 Å². The summed E-state index contributed by atoms with van der Waals surface area (Å²) in [6.07, 6.45) is -2.76. The zero-order valence-corrected chi connectivity index (χ0v) is 8.78. The minimum absolute atomic E-state index is 0.222. The Kier molecular flexibility index (Phi) is 4.79. The Morgan fingerprint density at radius 1 is 1.08 bits per heavy atom. The molecule has 13 heavy (non-hydrogen) atoms. The Morgan fingerprint density at radius 2 is 1.54 bits per heavy atom. The lowest BCUT2D eigenvalue weighted by molar-refractivity contribution is -0.185. The quantitative estimate of drug-likeness (QED) is 0.630. The molecule has 1 unspecified atom stereocenters. The van der Waals surface area contributed by atoms with Crippen molar-refractivity contribution in [1.82, 2.24) is 0 Å². The molecule has 0 aliphatic carbocycles. The van der Waals surface area contributed by atoms with Crippen LogP contribution in [0.15, 0.2) is 0 Å². The van der Waals surface area contributed by atoms with Gasteiger partial charge in [-0.25, -0.2) is 0 Å². The lowest BCUT2D eigenvalue weighted by Crippen LogP contribution is -2.28. The third-order valence-corrected chi connectivity index (χ3v) is 2.52. The molecular weight excluding hydrogens is 177 g/mol. The molecule has 0 saturated heterocycles. The minimum atomic E-state index is -4.03. The molecule has 0 aromatic heterocycles. The van der Waals surface area contributed by atoms with Gasteiger partial charge in [0.25, 0.3) is 0 Å². The summed E-state index contributed by atoms with van der Waals surface area (Å²) in [6.45, 7) is 7.04. The van der Waals surface area contributed by atoms with Crippen LogP contribution in [0.2, 0.25) is 0 Å². The van der Waals surface area contributed by atoms with Gasteiger partial charge in [0.2, 0.25) is 0 Å². The van der Waals surface area contributed by atoms with Gasteiger partial charge in [-0.3, -0.25) is 0 Å². The third kappa shape index (κ3) is 4.53. The van der Waals surface area contributed by atoms with Crippen molar-refractivity contribution in [2.45, 2.75) is 46.7 Å². The van der Waals surface area contributed by atoms with Crippen molar-refractivity contribution in [2.75, 3.05) is 0 Å². The van der Waals surface area contributed by atoms with Gasteiger partial charge < -0.3 is 0 Å². The second kappa shape index (κ2) is 4.87. The number of hydrogen-bond acceptors (Lipinski definition) is 0. The van der Waals surface area contributed by atoms with Crippen LogP contribution in [-0.2, 0) is 0 Å². The third-order valence-electron chi connectivity index (χ3n) is 2.52. The van der Waals surface area contributed by atoms with E-state index in [1.54, 1.807) is 0 Å². The van der Waals surface area contributed by atoms with Gasteiger partial charge in [-0.2, -0.15) is 13.2 Å². The highest BCUT2D eigenvalue weighted by atomic mass is 19.4. The summed E-state index contributed by atoms with van der Waals surface area (Å²) in [5.74, 6) is -1.05. The molecule has 0 aromatic carbocycles. The van der Waals surface area contributed by atoms with Gasteiger partial charge in [-0.15, -0.1) is 0 Å². The second-order valence-corrected chi connectivity index (χ2v) is 4.13. The molecule has 0 radical (unpaired) electrons. The first-order chi connectivity index (χ1) is 5.79. The summed E-state index contributed by atoms with van der Waals surface area (Å²) < 4.78 is 37.0. The molecule has 0 saturated carbocycles. The lowest BCUT2D eigenvalue weighted by atomic mass is 9.84. The van der Waals surface area contributed by atoms with E-state index in [0.29, 0.717) is 18.8 Å². The normalized spacial score (nSPS) is 17.5. The molecule has 0 heterocycles. The van der Waals surface area contributed by atoms with Crippen molar-refractivity contribution in [3.05, 3.63) is 0 Å². The van der Waals surface area contributed by atoms with Gasteiger partial charge >= 0.3 is 6.18 Å². The van der Waals surface area contributed by atoms with E-state index < -0.39 is 12.1 Å². The van der Waals surface area contributed by atoms with Gasteiger partial charge in [0, 0.05) is 0 Å². The van der Waals surface area contributed by atoms with Crippen molar-refractivity contribution in [3.63, 3.8) is 0 Å². The van der Waals surface area contributed by atoms with Crippen molar-refractivity contribution in [1.29, 1.82) is 0 Å². The maximum absolute atomic E-state index is 12.3. The van der Waals surface area contributed by atoms with Gasteiger partial charge in [0.05, 0.1) is 5.92 Å². The summed E-state index contributed by atoms with van der Waals surface area (Å²) in [4.78, 5) is 0. The molecule has 0 rings (SSSR count). The summed E-state index contributed by atoms with van der Waals surface area (Å²) in [5.41, 5.74) is 0. The first-order valence-corrected chi connectivity index (χ1v) is 4.85. The van der Waals surface area contributed by atoms with Crippen LogP contribution in [0.1, 0.15) is 40.5 Å². The van der Waals surface area contributed by atoms with Crippen molar-refractivity contribution >= 4 is 0 Å². The van der Waals surface area contributed by atoms with Gasteiger partial charge in [0.1, 0.15) is 0 Å². The van der Waals surface area contributed by atoms with Crippen LogP contribution in [0.4, 0.5) is 13.2 Å². The zero-order valence-electron chi connectivity index (χ0n) is 8.78. The van der Waals surface area contributed by atoms with Crippen LogP contribution in [0, 0.1) is 17.8 Å². The van der Waals surface area contributed by atoms with E-state index in [2.05, 4.69) is 0 Å². The highest BCUT2D eigenvalue weighted by Gasteiger charge is 2.40. The summed E-state index contributed by atoms with van der Waals surface area (Å²) >= 11 is 0. The van der Waals surface area contributed by atoms with Crippen LogP contribution >= 0.6 is 0 Å². The molecule has 0 bridgehead atoms. The van der Waals surface area contributed by atoms with Crippen LogP contribution in [0.3, 0.4) is 0 Å². The van der Waals surface area contributed by atoms with Crippen LogP contribution in [0.25, 0.3) is 0 Å². The SMILES string of the molecule is CC[C@H](CC(C)C)C(C)C(F)(F)F. The predicted molar refractivity (Wildman–Crippen MR) is 48.5 cm³/mol. The van der Waals surface area contributed by atoms with Gasteiger partial charge in [-0.05, 0) is 18.3 Å². The summed E-state index contributed by atoms with van der Waals surface area (Å²) in [5, 5.41) is 0. The number of rotatable bonds is 4. The van der Waals surface area contributed by atoms with E-state index in [9.17, 15) is 13.2 Å². The molecule has 80 valence electrons. The summed E-state index contributed by atoms with van der Waals surface area (Å²) in [6, 6.07) is 0. The Labute approximate surface area is 78.5 Å². The first-order valence-electron chi connectivity index (χ1n) is 4.85. The van der Waals surface area contributed by atoms with Crippen molar-refractivity contribution in [2.24, 2.45) is 17.8 Å². The Balaban J connectivity index is 4.23. The fraction of sp³-hybridized carbons (Fsp3) is 1.00. The van der Waals surface area contributed by atoms with Crippen molar-refractivity contribution < 1.29 is 13.2 Å². The molecule has 0 nitrogen and oxygen atoms in total. The maximum Gasteiger partial charge on any atom is 0.391 e. The standard InChI is InChI=1S/C10H19F3/c1-5-9(6-7(2)3)8(4)10(11,12)13/h7-9H,5-6H2,1-4H3/t8?,9-/m1/s1. The minimum Gasteiger partial charge on any atom is -0.171 e. The highest BCUT2D eigenvalue weighted by Crippen LogP contribution is 2.36. The van der Waals surface area contributed by atoms with E-state index >= 15 is 0 Å². The second-order valence-electron chi connectivity index (χ2n) is 4.13.